The Balaban J connectivity index is 1.04. The van der Waals surface area contributed by atoms with Gasteiger partial charge < -0.3 is 37.0 Å². The first-order valence-corrected chi connectivity index (χ1v) is 23.0. The van der Waals surface area contributed by atoms with Crippen LogP contribution >= 0.6 is 0 Å². The van der Waals surface area contributed by atoms with Crippen LogP contribution in [0.3, 0.4) is 0 Å². The summed E-state index contributed by atoms with van der Waals surface area (Å²) in [4.78, 5) is 93.0. The molecule has 0 spiro atoms. The molecule has 14 nitrogen and oxygen atoms in total. The van der Waals surface area contributed by atoms with Gasteiger partial charge in [-0.05, 0) is 77.0 Å². The van der Waals surface area contributed by atoms with Gasteiger partial charge in [-0.3, -0.25) is 33.6 Å². The fourth-order valence-corrected chi connectivity index (χ4v) is 11.4. The Morgan fingerprint density at radius 1 is 0.310 bits per heavy atom. The summed E-state index contributed by atoms with van der Waals surface area (Å²) in [5.74, 6) is -4.30. The molecule has 0 aliphatic heterocycles. The van der Waals surface area contributed by atoms with Crippen molar-refractivity contribution in [2.75, 3.05) is 0 Å². The normalized spacial score (nSPS) is 35.6. The molecule has 7 N–H and O–H groups in total. The largest absolute Gasteiger partial charge is 0.481 e. The van der Waals surface area contributed by atoms with Gasteiger partial charge in [-0.25, -0.2) is 0 Å². The summed E-state index contributed by atoms with van der Waals surface area (Å²) >= 11 is 0. The molecule has 0 saturated heterocycles. The number of hydrogen-bond donors (Lipinski definition) is 7. The number of carbonyl (C=O) groups is 7. The van der Waals surface area contributed by atoms with Gasteiger partial charge in [0.25, 0.3) is 0 Å². The summed E-state index contributed by atoms with van der Waals surface area (Å²) in [6.07, 6.45) is 18.7. The van der Waals surface area contributed by atoms with Crippen molar-refractivity contribution in [1.82, 2.24) is 31.9 Å². The van der Waals surface area contributed by atoms with E-state index >= 15 is 0 Å². The Labute approximate surface area is 344 Å². The van der Waals surface area contributed by atoms with Crippen molar-refractivity contribution >= 4 is 41.4 Å². The van der Waals surface area contributed by atoms with Crippen molar-refractivity contribution in [2.24, 2.45) is 35.5 Å². The Morgan fingerprint density at radius 3 is 0.724 bits per heavy atom. The van der Waals surface area contributed by atoms with Crippen LogP contribution in [0, 0.1) is 35.5 Å². The number of aliphatic carboxylic acids is 1. The van der Waals surface area contributed by atoms with Crippen LogP contribution in [-0.4, -0.2) is 82.8 Å². The lowest BCUT2D eigenvalue weighted by Gasteiger charge is -2.39. The molecule has 58 heavy (non-hydrogen) atoms. The van der Waals surface area contributed by atoms with Crippen LogP contribution < -0.4 is 31.9 Å². The van der Waals surface area contributed by atoms with Crippen molar-refractivity contribution in [2.45, 2.75) is 197 Å². The molecule has 0 heterocycles. The number of carbonyl (C=O) groups excluding carboxylic acids is 6. The summed E-state index contributed by atoms with van der Waals surface area (Å²) < 4.78 is 0. The van der Waals surface area contributed by atoms with E-state index in [0.29, 0.717) is 70.6 Å². The Morgan fingerprint density at radius 2 is 0.500 bits per heavy atom. The average molecular weight is 811 g/mol. The molecule has 0 bridgehead atoms. The van der Waals surface area contributed by atoms with Gasteiger partial charge >= 0.3 is 5.97 Å². The minimum Gasteiger partial charge on any atom is -0.481 e. The van der Waals surface area contributed by atoms with E-state index in [-0.39, 0.29) is 71.6 Å². The van der Waals surface area contributed by atoms with E-state index in [4.69, 9.17) is 0 Å². The van der Waals surface area contributed by atoms with Crippen LogP contribution in [0.15, 0.2) is 0 Å². The number of carboxylic acid groups (broad SMARTS) is 1. The van der Waals surface area contributed by atoms with Gasteiger partial charge in [0.05, 0.1) is 35.5 Å². The third-order valence-electron chi connectivity index (χ3n) is 14.6. The summed E-state index contributed by atoms with van der Waals surface area (Å²) in [5, 5.41) is 28.7. The van der Waals surface area contributed by atoms with Crippen LogP contribution in [0.25, 0.3) is 0 Å². The lowest BCUT2D eigenvalue weighted by atomic mass is 9.79. The Hall–Kier alpha value is -3.71. The zero-order chi connectivity index (χ0) is 41.2. The first-order chi connectivity index (χ1) is 28.0. The summed E-state index contributed by atoms with van der Waals surface area (Å²) in [5.41, 5.74) is 0. The predicted octanol–water partition coefficient (Wildman–Crippen LogP) is 4.14. The molecule has 6 amide bonds. The fraction of sp³-hybridized carbons (Fsp3) is 0.841. The van der Waals surface area contributed by atoms with Crippen LogP contribution in [0.4, 0.5) is 0 Å². The monoisotopic (exact) mass is 811 g/mol. The van der Waals surface area contributed by atoms with E-state index < -0.39 is 41.6 Å². The molecular weight excluding hydrogens is 741 g/mol. The first-order valence-electron chi connectivity index (χ1n) is 23.0. The van der Waals surface area contributed by atoms with Crippen LogP contribution in [0.2, 0.25) is 0 Å². The van der Waals surface area contributed by atoms with Crippen molar-refractivity contribution in [1.29, 1.82) is 0 Å². The highest BCUT2D eigenvalue weighted by Gasteiger charge is 2.42. The fourth-order valence-electron chi connectivity index (χ4n) is 11.4. The molecule has 0 aromatic heterocycles. The molecule has 6 saturated carbocycles. The SMILES string of the molecule is CC(=O)N[C@H]1CCCC[C@@H]1C(=O)N[C@H]1CCCC[C@@H]1C(=O)N[C@H]1CCCC[C@@H]1C(=O)N[C@H]1CCCC[C@@H]1C(=O)N[C@H]1CCCC[C@@H]1C(=O)N[C@H]1CCCC[C@@H]1C(=O)O. The lowest BCUT2D eigenvalue weighted by molar-refractivity contribution is -0.144. The van der Waals surface area contributed by atoms with Crippen LogP contribution in [0.5, 0.6) is 0 Å². The van der Waals surface area contributed by atoms with Crippen molar-refractivity contribution in [3.8, 4) is 0 Å². The van der Waals surface area contributed by atoms with Gasteiger partial charge in [-0.15, -0.1) is 0 Å². The van der Waals surface area contributed by atoms with Crippen molar-refractivity contribution in [3.63, 3.8) is 0 Å². The summed E-state index contributed by atoms with van der Waals surface area (Å²) in [6, 6.07) is -1.95. The van der Waals surface area contributed by atoms with E-state index in [2.05, 4.69) is 31.9 Å². The molecular formula is C44H70N6O8. The first kappa shape index (κ1) is 43.9. The molecule has 6 rings (SSSR count). The Kier molecular flexibility index (Phi) is 15.9. The molecule has 6 aliphatic rings. The zero-order valence-corrected chi connectivity index (χ0v) is 34.7. The average Bonchev–Trinajstić information content (AvgIpc) is 3.21. The summed E-state index contributed by atoms with van der Waals surface area (Å²) in [6.45, 7) is 1.48. The summed E-state index contributed by atoms with van der Waals surface area (Å²) in [7, 11) is 0. The molecule has 0 radical (unpaired) electrons. The maximum atomic E-state index is 14.1. The molecule has 14 heteroatoms. The molecule has 0 aromatic rings. The number of amides is 6. The number of nitrogens with one attached hydrogen (secondary N) is 6. The van der Waals surface area contributed by atoms with Gasteiger partial charge in [0.2, 0.25) is 35.4 Å². The molecule has 0 unspecified atom stereocenters. The molecule has 6 fully saturated rings. The van der Waals surface area contributed by atoms with E-state index in [9.17, 15) is 38.7 Å². The van der Waals surface area contributed by atoms with Crippen LogP contribution in [0.1, 0.15) is 161 Å². The number of carboxylic acids is 1. The number of rotatable bonds is 12. The maximum Gasteiger partial charge on any atom is 0.308 e. The third-order valence-corrected chi connectivity index (χ3v) is 14.6. The number of hydrogen-bond acceptors (Lipinski definition) is 7. The second kappa shape index (κ2) is 21.0. The van der Waals surface area contributed by atoms with Gasteiger partial charge in [0.1, 0.15) is 0 Å². The van der Waals surface area contributed by atoms with Crippen molar-refractivity contribution < 1.29 is 38.7 Å². The van der Waals surface area contributed by atoms with Gasteiger partial charge in [0, 0.05) is 43.2 Å². The predicted molar refractivity (Wildman–Crippen MR) is 217 cm³/mol. The van der Waals surface area contributed by atoms with E-state index in [0.717, 1.165) is 83.5 Å². The molecule has 0 aromatic carbocycles. The van der Waals surface area contributed by atoms with E-state index in [1.165, 1.54) is 6.92 Å². The van der Waals surface area contributed by atoms with Gasteiger partial charge in [0.15, 0.2) is 0 Å². The third kappa shape index (κ3) is 11.3. The van der Waals surface area contributed by atoms with E-state index in [1.807, 2.05) is 0 Å². The van der Waals surface area contributed by atoms with Gasteiger partial charge in [-0.1, -0.05) is 77.0 Å². The zero-order valence-electron chi connectivity index (χ0n) is 34.7. The molecule has 6 aliphatic carbocycles. The highest BCUT2D eigenvalue weighted by atomic mass is 16.4. The van der Waals surface area contributed by atoms with Crippen LogP contribution in [-0.2, 0) is 33.6 Å². The second-order valence-corrected chi connectivity index (χ2v) is 18.6. The highest BCUT2D eigenvalue weighted by Crippen LogP contribution is 2.33. The molecule has 324 valence electrons. The quantitative estimate of drug-likeness (QED) is 0.152. The van der Waals surface area contributed by atoms with E-state index in [1.54, 1.807) is 0 Å². The highest BCUT2D eigenvalue weighted by molar-refractivity contribution is 5.87. The van der Waals surface area contributed by atoms with Crippen molar-refractivity contribution in [3.05, 3.63) is 0 Å². The lowest BCUT2D eigenvalue weighted by Crippen LogP contribution is -2.57. The minimum absolute atomic E-state index is 0.0975. The molecule has 12 atom stereocenters. The smallest absolute Gasteiger partial charge is 0.308 e. The standard InChI is InChI=1S/C44H70N6O8/c1-26(51)45-33-20-8-2-14-27(33)39(52)46-34-21-9-3-15-28(34)40(53)47-35-22-10-4-16-29(35)41(54)48-36-23-11-5-17-30(36)42(55)49-37-24-12-6-18-31(37)43(56)50-38-25-13-7-19-32(38)44(57)58/h27-38H,2-25H2,1H3,(H,45,51)(H,46,52)(H,47,53)(H,48,54)(H,49,55)(H,50,56)(H,57,58)/t27-,28-,29-,30-,31-,32-,33-,34-,35-,36-,37-,38-/m0/s1. The Bertz CT molecular complexity index is 1490. The topological polar surface area (TPSA) is 212 Å². The second-order valence-electron chi connectivity index (χ2n) is 18.6. The maximum absolute atomic E-state index is 14.1. The van der Waals surface area contributed by atoms with Gasteiger partial charge in [-0.2, -0.15) is 0 Å². The minimum atomic E-state index is -0.876.